The van der Waals surface area contributed by atoms with Crippen molar-refractivity contribution in [1.82, 2.24) is 10.2 Å². The summed E-state index contributed by atoms with van der Waals surface area (Å²) in [6, 6.07) is 9.23. The molecule has 2 atom stereocenters. The Morgan fingerprint density at radius 2 is 1.94 bits per heavy atom. The number of alkyl halides is 2. The molecule has 0 amide bonds. The van der Waals surface area contributed by atoms with Crippen LogP contribution in [0.1, 0.15) is 12.5 Å². The minimum atomic E-state index is -2.62. The van der Waals surface area contributed by atoms with Crippen LogP contribution in [0.3, 0.4) is 0 Å². The second kappa shape index (κ2) is 5.33. The molecule has 1 saturated heterocycles. The molecule has 1 fully saturated rings. The summed E-state index contributed by atoms with van der Waals surface area (Å²) < 4.78 is 27.8. The summed E-state index contributed by atoms with van der Waals surface area (Å²) in [5, 5.41) is 2.75. The minimum absolute atomic E-state index is 0.392. The minimum Gasteiger partial charge on any atom is -0.311 e. The first kappa shape index (κ1) is 13.4. The molecular weight excluding hydrogens is 234 g/mol. The molecule has 0 radical (unpaired) electrons. The molecule has 18 heavy (non-hydrogen) atoms. The first-order valence-corrected chi connectivity index (χ1v) is 6.35. The Labute approximate surface area is 107 Å². The molecule has 1 aromatic carbocycles. The van der Waals surface area contributed by atoms with E-state index >= 15 is 0 Å². The van der Waals surface area contributed by atoms with Gasteiger partial charge in [-0.2, -0.15) is 0 Å². The third kappa shape index (κ3) is 2.70. The average molecular weight is 254 g/mol. The Bertz CT molecular complexity index is 381. The van der Waals surface area contributed by atoms with Crippen molar-refractivity contribution in [1.29, 1.82) is 0 Å². The normalized spacial score (nSPS) is 28.2. The summed E-state index contributed by atoms with van der Waals surface area (Å²) >= 11 is 0. The van der Waals surface area contributed by atoms with E-state index in [2.05, 4.69) is 10.2 Å². The molecule has 2 unspecified atom stereocenters. The Morgan fingerprint density at radius 1 is 1.28 bits per heavy atom. The van der Waals surface area contributed by atoms with Crippen molar-refractivity contribution < 1.29 is 8.78 Å². The molecule has 2 rings (SSSR count). The van der Waals surface area contributed by atoms with E-state index in [0.717, 1.165) is 6.54 Å². The molecule has 1 aromatic rings. The fraction of sp³-hybridized carbons (Fsp3) is 0.571. The molecule has 0 bridgehead atoms. The van der Waals surface area contributed by atoms with Gasteiger partial charge in [0.2, 0.25) is 0 Å². The first-order chi connectivity index (χ1) is 8.54. The molecule has 100 valence electrons. The Morgan fingerprint density at radius 3 is 2.56 bits per heavy atom. The van der Waals surface area contributed by atoms with Crippen molar-refractivity contribution in [2.45, 2.75) is 25.4 Å². The zero-order valence-electron chi connectivity index (χ0n) is 10.9. The number of nitrogens with zero attached hydrogens (tertiary/aromatic N) is 1. The van der Waals surface area contributed by atoms with Crippen LogP contribution in [0.4, 0.5) is 8.78 Å². The fourth-order valence-corrected chi connectivity index (χ4v) is 2.56. The summed E-state index contributed by atoms with van der Waals surface area (Å²) in [7, 11) is 1.61. The monoisotopic (exact) mass is 254 g/mol. The summed E-state index contributed by atoms with van der Waals surface area (Å²) in [5.41, 5.74) is 1.17. The number of benzene rings is 1. The van der Waals surface area contributed by atoms with E-state index in [9.17, 15) is 8.78 Å². The molecular formula is C14H20F2N2. The third-order valence-corrected chi connectivity index (χ3v) is 3.69. The SMILES string of the molecule is CNC1CN(Cc2ccccc2)CC(C)C1(F)F. The van der Waals surface area contributed by atoms with Crippen LogP contribution in [-0.2, 0) is 6.54 Å². The molecule has 1 heterocycles. The van der Waals surface area contributed by atoms with Gasteiger partial charge >= 0.3 is 0 Å². The number of halogens is 2. The van der Waals surface area contributed by atoms with Gasteiger partial charge in [-0.3, -0.25) is 4.90 Å². The van der Waals surface area contributed by atoms with Gasteiger partial charge < -0.3 is 5.32 Å². The van der Waals surface area contributed by atoms with E-state index in [0.29, 0.717) is 13.1 Å². The second-order valence-electron chi connectivity index (χ2n) is 5.10. The van der Waals surface area contributed by atoms with Crippen molar-refractivity contribution in [2.24, 2.45) is 5.92 Å². The lowest BCUT2D eigenvalue weighted by atomic mass is 9.91. The summed E-state index contributed by atoms with van der Waals surface area (Å²) in [5.74, 6) is -3.24. The lowest BCUT2D eigenvalue weighted by Gasteiger charge is -2.42. The number of nitrogens with one attached hydrogen (secondary N) is 1. The number of likely N-dealkylation sites (tertiary alicyclic amines) is 1. The quantitative estimate of drug-likeness (QED) is 0.891. The van der Waals surface area contributed by atoms with Crippen LogP contribution in [0.2, 0.25) is 0 Å². The van der Waals surface area contributed by atoms with Crippen molar-refractivity contribution in [3.05, 3.63) is 35.9 Å². The number of likely N-dealkylation sites (N-methyl/N-ethyl adjacent to an activating group) is 1. The largest absolute Gasteiger partial charge is 0.311 e. The van der Waals surface area contributed by atoms with Crippen LogP contribution in [0, 0.1) is 5.92 Å². The zero-order chi connectivity index (χ0) is 13.2. The average Bonchev–Trinajstić information content (AvgIpc) is 2.35. The van der Waals surface area contributed by atoms with E-state index in [1.807, 2.05) is 30.3 Å². The van der Waals surface area contributed by atoms with Gasteiger partial charge in [-0.05, 0) is 12.6 Å². The highest BCUT2D eigenvalue weighted by Crippen LogP contribution is 2.33. The summed E-state index contributed by atoms with van der Waals surface area (Å²) in [4.78, 5) is 2.10. The van der Waals surface area contributed by atoms with Gasteiger partial charge in [0.1, 0.15) is 0 Å². The van der Waals surface area contributed by atoms with Crippen LogP contribution in [0.15, 0.2) is 30.3 Å². The van der Waals surface area contributed by atoms with E-state index in [1.54, 1.807) is 14.0 Å². The lowest BCUT2D eigenvalue weighted by Crippen LogP contribution is -2.60. The van der Waals surface area contributed by atoms with Gasteiger partial charge in [-0.15, -0.1) is 0 Å². The predicted molar refractivity (Wildman–Crippen MR) is 68.7 cm³/mol. The molecule has 0 aromatic heterocycles. The molecule has 1 aliphatic rings. The van der Waals surface area contributed by atoms with Crippen molar-refractivity contribution in [2.75, 3.05) is 20.1 Å². The van der Waals surface area contributed by atoms with Crippen LogP contribution in [0.5, 0.6) is 0 Å². The van der Waals surface area contributed by atoms with Crippen LogP contribution in [-0.4, -0.2) is 37.0 Å². The molecule has 4 heteroatoms. The number of piperidine rings is 1. The molecule has 0 aliphatic carbocycles. The molecule has 2 nitrogen and oxygen atoms in total. The lowest BCUT2D eigenvalue weighted by molar-refractivity contribution is -0.124. The Hall–Kier alpha value is -1.00. The van der Waals surface area contributed by atoms with E-state index in [1.165, 1.54) is 5.56 Å². The summed E-state index contributed by atoms with van der Waals surface area (Å²) in [6.45, 7) is 3.20. The van der Waals surface area contributed by atoms with Crippen LogP contribution in [0.25, 0.3) is 0 Å². The maximum absolute atomic E-state index is 13.9. The number of hydrogen-bond acceptors (Lipinski definition) is 2. The third-order valence-electron chi connectivity index (χ3n) is 3.69. The predicted octanol–water partition coefficient (Wildman–Crippen LogP) is 2.36. The summed E-state index contributed by atoms with van der Waals surface area (Å²) in [6.07, 6.45) is 0. The number of hydrogen-bond donors (Lipinski definition) is 1. The van der Waals surface area contributed by atoms with Crippen molar-refractivity contribution in [3.63, 3.8) is 0 Å². The van der Waals surface area contributed by atoms with Crippen molar-refractivity contribution in [3.8, 4) is 0 Å². The first-order valence-electron chi connectivity index (χ1n) is 6.35. The maximum atomic E-state index is 13.9. The van der Waals surface area contributed by atoms with Gasteiger partial charge in [0, 0.05) is 25.6 Å². The molecule has 0 spiro atoms. The van der Waals surface area contributed by atoms with E-state index < -0.39 is 17.9 Å². The highest BCUT2D eigenvalue weighted by atomic mass is 19.3. The highest BCUT2D eigenvalue weighted by Gasteiger charge is 2.48. The van der Waals surface area contributed by atoms with Crippen LogP contribution >= 0.6 is 0 Å². The van der Waals surface area contributed by atoms with Gasteiger partial charge in [0.15, 0.2) is 0 Å². The fourth-order valence-electron chi connectivity index (χ4n) is 2.56. The van der Waals surface area contributed by atoms with Crippen LogP contribution < -0.4 is 5.32 Å². The molecule has 1 aliphatic heterocycles. The van der Waals surface area contributed by atoms with Gasteiger partial charge in [0.25, 0.3) is 5.92 Å². The smallest absolute Gasteiger partial charge is 0.268 e. The van der Waals surface area contributed by atoms with Crippen molar-refractivity contribution >= 4 is 0 Å². The van der Waals surface area contributed by atoms with Gasteiger partial charge in [0.05, 0.1) is 6.04 Å². The number of rotatable bonds is 3. The highest BCUT2D eigenvalue weighted by molar-refractivity contribution is 5.15. The molecule has 1 N–H and O–H groups in total. The Balaban J connectivity index is 2.04. The van der Waals surface area contributed by atoms with Gasteiger partial charge in [-0.25, -0.2) is 8.78 Å². The van der Waals surface area contributed by atoms with Gasteiger partial charge in [-0.1, -0.05) is 37.3 Å². The molecule has 0 saturated carbocycles. The Kier molecular flexibility index (Phi) is 3.97. The standard InChI is InChI=1S/C14H20F2N2/c1-11-8-18(9-12-6-4-3-5-7-12)10-13(17-2)14(11,15)16/h3-7,11,13,17H,8-10H2,1-2H3. The topological polar surface area (TPSA) is 15.3 Å². The maximum Gasteiger partial charge on any atom is 0.268 e. The second-order valence-corrected chi connectivity index (χ2v) is 5.10. The van der Waals surface area contributed by atoms with E-state index in [-0.39, 0.29) is 0 Å². The van der Waals surface area contributed by atoms with E-state index in [4.69, 9.17) is 0 Å². The zero-order valence-corrected chi connectivity index (χ0v) is 10.9.